The van der Waals surface area contributed by atoms with Crippen LogP contribution in [0.3, 0.4) is 0 Å². The maximum absolute atomic E-state index is 6.37. The van der Waals surface area contributed by atoms with Crippen LogP contribution < -0.4 is 10.1 Å². The second-order valence-corrected chi connectivity index (χ2v) is 5.63. The zero-order chi connectivity index (χ0) is 12.4. The smallest absolute Gasteiger partial charge is 0.176 e. The van der Waals surface area contributed by atoms with Gasteiger partial charge in [-0.25, -0.2) is 4.68 Å². The molecule has 0 aromatic carbocycles. The van der Waals surface area contributed by atoms with E-state index in [4.69, 9.17) is 16.3 Å². The van der Waals surface area contributed by atoms with E-state index in [0.717, 1.165) is 38.1 Å². The molecule has 0 spiro atoms. The van der Waals surface area contributed by atoms with Crippen LogP contribution in [0.1, 0.15) is 44.6 Å². The summed E-state index contributed by atoms with van der Waals surface area (Å²) in [5.41, 5.74) is 0. The lowest BCUT2D eigenvalue weighted by Crippen LogP contribution is -2.19. The van der Waals surface area contributed by atoms with E-state index < -0.39 is 0 Å². The van der Waals surface area contributed by atoms with Gasteiger partial charge in [0.05, 0.1) is 18.3 Å². The summed E-state index contributed by atoms with van der Waals surface area (Å²) < 4.78 is 7.89. The van der Waals surface area contributed by atoms with E-state index in [1.54, 1.807) is 6.20 Å². The molecule has 2 aliphatic rings. The molecule has 0 radical (unpaired) electrons. The Morgan fingerprint density at radius 3 is 2.83 bits per heavy atom. The highest BCUT2D eigenvalue weighted by atomic mass is 35.5. The fourth-order valence-corrected chi connectivity index (χ4v) is 3.15. The van der Waals surface area contributed by atoms with E-state index in [1.165, 1.54) is 19.3 Å². The van der Waals surface area contributed by atoms with Crippen molar-refractivity contribution in [3.63, 3.8) is 0 Å². The molecule has 1 aliphatic carbocycles. The third-order valence-electron chi connectivity index (χ3n) is 3.93. The molecule has 1 aliphatic heterocycles. The molecule has 1 saturated carbocycles. The molecule has 1 saturated heterocycles. The molecule has 2 fully saturated rings. The number of ether oxygens (including phenoxy) is 1. The lowest BCUT2D eigenvalue weighted by atomic mass is 9.98. The van der Waals surface area contributed by atoms with Crippen molar-refractivity contribution in [1.82, 2.24) is 15.1 Å². The lowest BCUT2D eigenvalue weighted by molar-refractivity contribution is 0.155. The van der Waals surface area contributed by atoms with Crippen LogP contribution in [-0.4, -0.2) is 29.0 Å². The Balaban J connectivity index is 1.68. The highest BCUT2D eigenvalue weighted by Crippen LogP contribution is 2.31. The van der Waals surface area contributed by atoms with Crippen molar-refractivity contribution < 1.29 is 4.74 Å². The first-order chi connectivity index (χ1) is 8.84. The topological polar surface area (TPSA) is 39.1 Å². The van der Waals surface area contributed by atoms with E-state index in [0.29, 0.717) is 17.3 Å². The average molecular weight is 270 g/mol. The second kappa shape index (κ2) is 5.49. The molecule has 1 aromatic rings. The van der Waals surface area contributed by atoms with Crippen LogP contribution >= 0.6 is 11.6 Å². The number of rotatable bonds is 3. The van der Waals surface area contributed by atoms with Crippen molar-refractivity contribution in [2.24, 2.45) is 0 Å². The van der Waals surface area contributed by atoms with E-state index in [1.807, 2.05) is 4.68 Å². The van der Waals surface area contributed by atoms with Crippen molar-refractivity contribution in [2.75, 3.05) is 13.1 Å². The molecule has 1 unspecified atom stereocenters. The largest absolute Gasteiger partial charge is 0.486 e. The summed E-state index contributed by atoms with van der Waals surface area (Å²) in [5.74, 6) is 0.760. The van der Waals surface area contributed by atoms with Crippen molar-refractivity contribution in [2.45, 2.75) is 50.7 Å². The van der Waals surface area contributed by atoms with Gasteiger partial charge in [0, 0.05) is 6.54 Å². The minimum atomic E-state index is 0.329. The van der Waals surface area contributed by atoms with Gasteiger partial charge in [-0.2, -0.15) is 5.10 Å². The predicted octanol–water partition coefficient (Wildman–Crippen LogP) is 2.78. The molecule has 18 heavy (non-hydrogen) atoms. The number of hydrogen-bond acceptors (Lipinski definition) is 3. The molecular formula is C13H20ClN3O. The zero-order valence-corrected chi connectivity index (χ0v) is 11.3. The fourth-order valence-electron chi connectivity index (χ4n) is 2.88. The molecule has 0 bridgehead atoms. The van der Waals surface area contributed by atoms with Crippen LogP contribution in [0.15, 0.2) is 6.20 Å². The van der Waals surface area contributed by atoms with Crippen molar-refractivity contribution >= 4 is 11.6 Å². The summed E-state index contributed by atoms with van der Waals surface area (Å²) in [4.78, 5) is 0. The van der Waals surface area contributed by atoms with Gasteiger partial charge in [0.15, 0.2) is 10.9 Å². The van der Waals surface area contributed by atoms with Gasteiger partial charge >= 0.3 is 0 Å². The molecule has 5 heteroatoms. The summed E-state index contributed by atoms with van der Waals surface area (Å²) in [6.07, 6.45) is 9.35. The molecule has 0 amide bonds. The van der Waals surface area contributed by atoms with Crippen LogP contribution in [0.4, 0.5) is 0 Å². The van der Waals surface area contributed by atoms with Crippen molar-refractivity contribution in [3.05, 3.63) is 11.3 Å². The van der Waals surface area contributed by atoms with Crippen molar-refractivity contribution in [3.8, 4) is 5.75 Å². The lowest BCUT2D eigenvalue weighted by Gasteiger charge is -2.22. The molecule has 3 rings (SSSR count). The molecule has 1 N–H and O–H groups in total. The Labute approximate surface area is 113 Å². The monoisotopic (exact) mass is 269 g/mol. The summed E-state index contributed by atoms with van der Waals surface area (Å²) in [6, 6.07) is 0.376. The molecule has 1 atom stereocenters. The molecule has 100 valence electrons. The molecule has 1 aromatic heterocycles. The first-order valence-corrected chi connectivity index (χ1v) is 7.33. The number of aromatic nitrogens is 2. The summed E-state index contributed by atoms with van der Waals surface area (Å²) >= 11 is 6.37. The first-order valence-electron chi connectivity index (χ1n) is 6.95. The van der Waals surface area contributed by atoms with Gasteiger partial charge in [-0.15, -0.1) is 0 Å². The maximum atomic E-state index is 6.37. The van der Waals surface area contributed by atoms with Crippen LogP contribution in [-0.2, 0) is 0 Å². The normalized spacial score (nSPS) is 25.5. The first kappa shape index (κ1) is 12.3. The Morgan fingerprint density at radius 2 is 2.11 bits per heavy atom. The number of hydrogen-bond donors (Lipinski definition) is 1. The highest BCUT2D eigenvalue weighted by molar-refractivity contribution is 6.31. The molecule has 4 nitrogen and oxygen atoms in total. The van der Waals surface area contributed by atoms with Crippen LogP contribution in [0, 0.1) is 0 Å². The van der Waals surface area contributed by atoms with E-state index >= 15 is 0 Å². The van der Waals surface area contributed by atoms with Gasteiger partial charge in [0.2, 0.25) is 0 Å². The second-order valence-electron chi connectivity index (χ2n) is 5.27. The Morgan fingerprint density at radius 1 is 1.28 bits per heavy atom. The Bertz CT molecular complexity index is 395. The average Bonchev–Trinajstić information content (AvgIpc) is 3.02. The van der Waals surface area contributed by atoms with Gasteiger partial charge in [-0.05, 0) is 38.6 Å². The van der Waals surface area contributed by atoms with E-state index in [2.05, 4.69) is 10.4 Å². The fraction of sp³-hybridized carbons (Fsp3) is 0.769. The summed E-state index contributed by atoms with van der Waals surface area (Å²) in [7, 11) is 0. The standard InChI is InChI=1S/C13H20ClN3O/c14-13-12(18-11-4-2-1-3-5-11)9-16-17(13)10-6-7-15-8-10/h9-11,15H,1-8H2. The molecular weight excluding hydrogens is 250 g/mol. The zero-order valence-electron chi connectivity index (χ0n) is 10.6. The van der Waals surface area contributed by atoms with E-state index in [9.17, 15) is 0 Å². The van der Waals surface area contributed by atoms with Gasteiger partial charge in [0.25, 0.3) is 0 Å². The Hall–Kier alpha value is -0.740. The van der Waals surface area contributed by atoms with E-state index in [-0.39, 0.29) is 0 Å². The van der Waals surface area contributed by atoms with Crippen LogP contribution in [0.5, 0.6) is 5.75 Å². The summed E-state index contributed by atoms with van der Waals surface area (Å²) in [5, 5.41) is 8.37. The number of nitrogens with zero attached hydrogens (tertiary/aromatic N) is 2. The highest BCUT2D eigenvalue weighted by Gasteiger charge is 2.23. The minimum Gasteiger partial charge on any atom is -0.486 e. The summed E-state index contributed by atoms with van der Waals surface area (Å²) in [6.45, 7) is 1.99. The number of halogens is 1. The number of nitrogens with one attached hydrogen (secondary N) is 1. The molecule has 2 heterocycles. The SMILES string of the molecule is Clc1c(OC2CCCCC2)cnn1C1CCNC1. The van der Waals surface area contributed by atoms with Gasteiger partial charge in [-0.1, -0.05) is 18.0 Å². The van der Waals surface area contributed by atoms with Crippen LogP contribution in [0.2, 0.25) is 5.15 Å². The van der Waals surface area contributed by atoms with Gasteiger partial charge < -0.3 is 10.1 Å². The quantitative estimate of drug-likeness (QED) is 0.917. The van der Waals surface area contributed by atoms with Crippen LogP contribution in [0.25, 0.3) is 0 Å². The van der Waals surface area contributed by atoms with Gasteiger partial charge in [-0.3, -0.25) is 0 Å². The van der Waals surface area contributed by atoms with Gasteiger partial charge in [0.1, 0.15) is 0 Å². The van der Waals surface area contributed by atoms with Crippen molar-refractivity contribution in [1.29, 1.82) is 0 Å². The maximum Gasteiger partial charge on any atom is 0.176 e. The third kappa shape index (κ3) is 2.50. The Kier molecular flexibility index (Phi) is 3.75. The predicted molar refractivity (Wildman–Crippen MR) is 71.3 cm³/mol. The third-order valence-corrected chi connectivity index (χ3v) is 4.29. The minimum absolute atomic E-state index is 0.329.